The lowest BCUT2D eigenvalue weighted by atomic mass is 10.2. The Labute approximate surface area is 81.5 Å². The zero-order valence-corrected chi connectivity index (χ0v) is 7.21. The van der Waals surface area contributed by atoms with Gasteiger partial charge in [0.1, 0.15) is 0 Å². The summed E-state index contributed by atoms with van der Waals surface area (Å²) in [5, 5.41) is 2.81. The molecule has 74 valence electrons. The topological polar surface area (TPSA) is 29.1 Å². The van der Waals surface area contributed by atoms with E-state index < -0.39 is 0 Å². The molecule has 1 amide bonds. The van der Waals surface area contributed by atoms with Crippen LogP contribution in [0.3, 0.4) is 0 Å². The Balaban J connectivity index is 0. The quantitative estimate of drug-likeness (QED) is 0.763. The average Bonchev–Trinajstić information content (AvgIpc) is 2.16. The lowest BCUT2D eigenvalue weighted by Crippen LogP contribution is -2.21. The van der Waals surface area contributed by atoms with Crippen molar-refractivity contribution < 1.29 is 6.22 Å². The standard InChI is InChI=1S/C10H13NO.CH4.H2/c1-2-10(12)11-8-9-6-4-3-5-7-9;;/h3-7H,2,8H2,1H3,(H,11,12);1H4;1H. The Morgan fingerprint density at radius 3 is 2.54 bits per heavy atom. The molecule has 0 saturated heterocycles. The van der Waals surface area contributed by atoms with Crippen LogP contribution in [0.15, 0.2) is 30.3 Å². The highest BCUT2D eigenvalue weighted by Gasteiger charge is 1.95. The molecule has 0 bridgehead atoms. The van der Waals surface area contributed by atoms with E-state index in [9.17, 15) is 4.79 Å². The zero-order chi connectivity index (χ0) is 8.81. The molecule has 0 fully saturated rings. The highest BCUT2D eigenvalue weighted by molar-refractivity contribution is 5.75. The van der Waals surface area contributed by atoms with Crippen LogP contribution in [0.25, 0.3) is 0 Å². The number of benzene rings is 1. The molecule has 0 aromatic heterocycles. The zero-order valence-electron chi connectivity index (χ0n) is 7.21. The van der Waals surface area contributed by atoms with Crippen molar-refractivity contribution in [2.24, 2.45) is 0 Å². The van der Waals surface area contributed by atoms with E-state index in [-0.39, 0.29) is 14.8 Å². The number of carbonyl (C=O) groups excluding carboxylic acids is 1. The van der Waals surface area contributed by atoms with Crippen molar-refractivity contribution in [2.45, 2.75) is 27.3 Å². The predicted molar refractivity (Wildman–Crippen MR) is 57.4 cm³/mol. The molecule has 0 heterocycles. The summed E-state index contributed by atoms with van der Waals surface area (Å²) in [5.41, 5.74) is 1.14. The highest BCUT2D eigenvalue weighted by atomic mass is 16.1. The molecule has 1 rings (SSSR count). The van der Waals surface area contributed by atoms with Crippen LogP contribution in [0.2, 0.25) is 0 Å². The molecule has 0 unspecified atom stereocenters. The van der Waals surface area contributed by atoms with E-state index in [2.05, 4.69) is 5.32 Å². The molecule has 0 aliphatic rings. The van der Waals surface area contributed by atoms with Gasteiger partial charge in [0, 0.05) is 14.4 Å². The summed E-state index contributed by atoms with van der Waals surface area (Å²) in [7, 11) is 0. The van der Waals surface area contributed by atoms with Crippen molar-refractivity contribution in [1.82, 2.24) is 5.32 Å². The fraction of sp³-hybridized carbons (Fsp3) is 0.364. The Bertz CT molecular complexity index is 249. The van der Waals surface area contributed by atoms with Crippen LogP contribution >= 0.6 is 0 Å². The molecule has 13 heavy (non-hydrogen) atoms. The number of nitrogens with one attached hydrogen (secondary N) is 1. The first-order valence-corrected chi connectivity index (χ1v) is 4.13. The molecule has 0 aliphatic heterocycles. The maximum Gasteiger partial charge on any atom is 0.219 e. The third-order valence-corrected chi connectivity index (χ3v) is 1.65. The van der Waals surface area contributed by atoms with Crippen molar-refractivity contribution in [3.8, 4) is 0 Å². The molecule has 1 N–H and O–H groups in total. The third kappa shape index (κ3) is 4.31. The molecule has 0 radical (unpaired) electrons. The summed E-state index contributed by atoms with van der Waals surface area (Å²) in [5.74, 6) is 0.0962. The van der Waals surface area contributed by atoms with E-state index in [0.717, 1.165) is 5.56 Å². The van der Waals surface area contributed by atoms with Gasteiger partial charge in [0.05, 0.1) is 0 Å². The largest absolute Gasteiger partial charge is 0.352 e. The number of hydrogen-bond donors (Lipinski definition) is 1. The first-order valence-electron chi connectivity index (χ1n) is 4.13. The second-order valence-electron chi connectivity index (χ2n) is 2.62. The van der Waals surface area contributed by atoms with Gasteiger partial charge >= 0.3 is 0 Å². The van der Waals surface area contributed by atoms with Gasteiger partial charge in [-0.15, -0.1) is 0 Å². The van der Waals surface area contributed by atoms with E-state index in [0.29, 0.717) is 13.0 Å². The molecule has 2 heteroatoms. The van der Waals surface area contributed by atoms with Gasteiger partial charge in [0.2, 0.25) is 5.91 Å². The highest BCUT2D eigenvalue weighted by Crippen LogP contribution is 1.96. The minimum Gasteiger partial charge on any atom is -0.352 e. The van der Waals surface area contributed by atoms with Gasteiger partial charge in [0.15, 0.2) is 0 Å². The number of rotatable bonds is 3. The summed E-state index contributed by atoms with van der Waals surface area (Å²) >= 11 is 0. The SMILES string of the molecule is C.CCC(=O)NCc1ccccc1.[HH]. The molecule has 0 aliphatic carbocycles. The second-order valence-corrected chi connectivity index (χ2v) is 2.62. The van der Waals surface area contributed by atoms with Gasteiger partial charge in [0.25, 0.3) is 0 Å². The minimum atomic E-state index is 0. The van der Waals surface area contributed by atoms with Crippen LogP contribution in [-0.4, -0.2) is 5.91 Å². The first-order chi connectivity index (χ1) is 5.83. The summed E-state index contributed by atoms with van der Waals surface area (Å²) in [6.07, 6.45) is 0.548. The summed E-state index contributed by atoms with van der Waals surface area (Å²) in [6, 6.07) is 9.89. The van der Waals surface area contributed by atoms with Gasteiger partial charge in [-0.2, -0.15) is 0 Å². The fourth-order valence-corrected chi connectivity index (χ4v) is 0.922. The molecule has 0 spiro atoms. The van der Waals surface area contributed by atoms with Crippen molar-refractivity contribution in [2.75, 3.05) is 0 Å². The van der Waals surface area contributed by atoms with Gasteiger partial charge in [-0.05, 0) is 5.56 Å². The smallest absolute Gasteiger partial charge is 0.219 e. The van der Waals surface area contributed by atoms with Gasteiger partial charge in [-0.3, -0.25) is 4.79 Å². The molecule has 2 nitrogen and oxygen atoms in total. The van der Waals surface area contributed by atoms with E-state index in [4.69, 9.17) is 0 Å². The Morgan fingerprint density at radius 2 is 2.00 bits per heavy atom. The van der Waals surface area contributed by atoms with Crippen LogP contribution < -0.4 is 5.32 Å². The van der Waals surface area contributed by atoms with Crippen molar-refractivity contribution in [3.63, 3.8) is 0 Å². The summed E-state index contributed by atoms with van der Waals surface area (Å²) < 4.78 is 0. The molecule has 1 aromatic rings. The Morgan fingerprint density at radius 1 is 1.38 bits per heavy atom. The minimum absolute atomic E-state index is 0. The summed E-state index contributed by atoms with van der Waals surface area (Å²) in [4.78, 5) is 10.9. The van der Waals surface area contributed by atoms with Crippen molar-refractivity contribution in [3.05, 3.63) is 35.9 Å². The maximum atomic E-state index is 10.9. The average molecular weight is 181 g/mol. The van der Waals surface area contributed by atoms with Gasteiger partial charge < -0.3 is 5.32 Å². The number of carbonyl (C=O) groups is 1. The molecule has 0 atom stereocenters. The Hall–Kier alpha value is -1.31. The van der Waals surface area contributed by atoms with Gasteiger partial charge in [-0.25, -0.2) is 0 Å². The Kier molecular flexibility index (Phi) is 5.60. The third-order valence-electron chi connectivity index (χ3n) is 1.65. The van der Waals surface area contributed by atoms with E-state index in [1.807, 2.05) is 37.3 Å². The van der Waals surface area contributed by atoms with Crippen LogP contribution in [0.1, 0.15) is 27.8 Å². The fourth-order valence-electron chi connectivity index (χ4n) is 0.922. The van der Waals surface area contributed by atoms with Crippen molar-refractivity contribution >= 4 is 5.91 Å². The van der Waals surface area contributed by atoms with Crippen LogP contribution in [0.5, 0.6) is 0 Å². The van der Waals surface area contributed by atoms with E-state index in [1.165, 1.54) is 0 Å². The van der Waals surface area contributed by atoms with Gasteiger partial charge in [-0.1, -0.05) is 44.7 Å². The van der Waals surface area contributed by atoms with Crippen LogP contribution in [-0.2, 0) is 11.3 Å². The molecular formula is C11H19NO. The normalized spacial score (nSPS) is 8.69. The molecule has 0 saturated carbocycles. The molecular weight excluding hydrogens is 162 g/mol. The lowest BCUT2D eigenvalue weighted by Gasteiger charge is -2.02. The van der Waals surface area contributed by atoms with Crippen LogP contribution in [0, 0.1) is 0 Å². The lowest BCUT2D eigenvalue weighted by molar-refractivity contribution is -0.120. The molecule has 1 aromatic carbocycles. The van der Waals surface area contributed by atoms with E-state index >= 15 is 0 Å². The number of amides is 1. The predicted octanol–water partition coefficient (Wildman–Crippen LogP) is 2.59. The maximum absolute atomic E-state index is 10.9. The van der Waals surface area contributed by atoms with Crippen molar-refractivity contribution in [1.29, 1.82) is 0 Å². The second kappa shape index (κ2) is 6.23. The van der Waals surface area contributed by atoms with Crippen LogP contribution in [0.4, 0.5) is 0 Å². The monoisotopic (exact) mass is 181 g/mol. The summed E-state index contributed by atoms with van der Waals surface area (Å²) in [6.45, 7) is 2.48. The van der Waals surface area contributed by atoms with E-state index in [1.54, 1.807) is 0 Å². The first kappa shape index (κ1) is 11.7. The number of hydrogen-bond acceptors (Lipinski definition) is 1.